The number of hydrogen-bond donors (Lipinski definition) is 0. The molecule has 0 amide bonds. The molecule has 4 heteroatoms. The number of para-hydroxylation sites is 1. The maximum Gasteiger partial charge on any atom is 0.239 e. The molecule has 19 heavy (non-hydrogen) atoms. The Balaban J connectivity index is 2.16. The second kappa shape index (κ2) is 4.24. The van der Waals surface area contributed by atoms with Crippen LogP contribution in [-0.4, -0.2) is 8.42 Å². The number of sulfone groups is 1. The smallest absolute Gasteiger partial charge is 0.239 e. The summed E-state index contributed by atoms with van der Waals surface area (Å²) in [5, 5.41) is 0.769. The molecule has 0 bridgehead atoms. The summed E-state index contributed by atoms with van der Waals surface area (Å²) >= 11 is 0. The monoisotopic (exact) mass is 272 g/mol. The lowest BCUT2D eigenvalue weighted by atomic mass is 10.2. The molecule has 96 valence electrons. The van der Waals surface area contributed by atoms with Crippen molar-refractivity contribution >= 4 is 20.8 Å². The second-order valence-corrected chi connectivity index (χ2v) is 6.30. The van der Waals surface area contributed by atoms with Crippen molar-refractivity contribution in [1.29, 1.82) is 0 Å². The van der Waals surface area contributed by atoms with Gasteiger partial charge in [-0.25, -0.2) is 8.42 Å². The molecule has 0 atom stereocenters. The van der Waals surface area contributed by atoms with E-state index in [1.165, 1.54) is 0 Å². The van der Waals surface area contributed by atoms with Crippen molar-refractivity contribution in [2.45, 2.75) is 16.9 Å². The molecule has 3 nitrogen and oxygen atoms in total. The molecule has 0 saturated heterocycles. The summed E-state index contributed by atoms with van der Waals surface area (Å²) in [5.74, 6) is 0. The maximum atomic E-state index is 12.4. The van der Waals surface area contributed by atoms with Crippen molar-refractivity contribution < 1.29 is 12.8 Å². The van der Waals surface area contributed by atoms with Gasteiger partial charge in [0.1, 0.15) is 5.58 Å². The Morgan fingerprint density at radius 1 is 0.947 bits per heavy atom. The number of rotatable bonds is 2. The van der Waals surface area contributed by atoms with E-state index in [1.807, 2.05) is 25.1 Å². The third kappa shape index (κ3) is 2.04. The van der Waals surface area contributed by atoms with Gasteiger partial charge in [-0.3, -0.25) is 0 Å². The number of hydrogen-bond acceptors (Lipinski definition) is 3. The van der Waals surface area contributed by atoms with Crippen LogP contribution in [0.15, 0.2) is 69.0 Å². The summed E-state index contributed by atoms with van der Waals surface area (Å²) in [6, 6.07) is 15.5. The molecular formula is C15H12O3S. The lowest BCUT2D eigenvalue weighted by Gasteiger charge is -2.01. The average Bonchev–Trinajstić information content (AvgIpc) is 2.83. The Bertz CT molecular complexity index is 794. The largest absolute Gasteiger partial charge is 0.444 e. The molecule has 0 aliphatic heterocycles. The van der Waals surface area contributed by atoms with Crippen LogP contribution in [-0.2, 0) is 9.84 Å². The van der Waals surface area contributed by atoms with Gasteiger partial charge in [0, 0.05) is 11.5 Å². The Morgan fingerprint density at radius 3 is 2.32 bits per heavy atom. The summed E-state index contributed by atoms with van der Waals surface area (Å²) in [6.45, 7) is 1.91. The van der Waals surface area contributed by atoms with E-state index in [0.29, 0.717) is 5.58 Å². The molecule has 0 aliphatic carbocycles. The van der Waals surface area contributed by atoms with Gasteiger partial charge in [-0.05, 0) is 25.1 Å². The molecule has 3 aromatic rings. The first kappa shape index (κ1) is 12.0. The van der Waals surface area contributed by atoms with Gasteiger partial charge in [-0.1, -0.05) is 35.9 Å². The van der Waals surface area contributed by atoms with Crippen LogP contribution in [0, 0.1) is 6.92 Å². The molecule has 3 rings (SSSR count). The molecular weight excluding hydrogens is 260 g/mol. The van der Waals surface area contributed by atoms with Crippen molar-refractivity contribution in [2.75, 3.05) is 0 Å². The zero-order valence-corrected chi connectivity index (χ0v) is 11.1. The number of aryl methyl sites for hydroxylation is 1. The Labute approximate surface area is 111 Å². The Kier molecular flexibility index (Phi) is 2.68. The maximum absolute atomic E-state index is 12.4. The van der Waals surface area contributed by atoms with Gasteiger partial charge < -0.3 is 4.42 Å². The first-order valence-corrected chi connectivity index (χ1v) is 7.36. The number of fused-ring (bicyclic) bond motifs is 1. The Morgan fingerprint density at radius 2 is 1.63 bits per heavy atom. The van der Waals surface area contributed by atoms with Gasteiger partial charge in [-0.15, -0.1) is 0 Å². The minimum absolute atomic E-state index is 0.0162. The van der Waals surface area contributed by atoms with Crippen LogP contribution in [0.2, 0.25) is 0 Å². The van der Waals surface area contributed by atoms with Crippen LogP contribution in [0.3, 0.4) is 0 Å². The first-order valence-electron chi connectivity index (χ1n) is 5.88. The lowest BCUT2D eigenvalue weighted by Crippen LogP contribution is -2.00. The van der Waals surface area contributed by atoms with Crippen LogP contribution < -0.4 is 0 Å². The zero-order chi connectivity index (χ0) is 13.5. The van der Waals surface area contributed by atoms with Crippen LogP contribution in [0.25, 0.3) is 11.0 Å². The van der Waals surface area contributed by atoms with E-state index in [9.17, 15) is 8.42 Å². The zero-order valence-electron chi connectivity index (χ0n) is 10.3. The molecule has 1 aromatic heterocycles. The summed E-state index contributed by atoms with van der Waals surface area (Å²) in [6.07, 6.45) is 0. The predicted octanol–water partition coefficient (Wildman–Crippen LogP) is 3.57. The fourth-order valence-electron chi connectivity index (χ4n) is 1.92. The highest BCUT2D eigenvalue weighted by atomic mass is 32.2. The Hall–Kier alpha value is -2.07. The molecule has 0 saturated carbocycles. The van der Waals surface area contributed by atoms with Crippen molar-refractivity contribution in [3.63, 3.8) is 0 Å². The summed E-state index contributed by atoms with van der Waals surface area (Å²) in [5.41, 5.74) is 1.59. The summed E-state index contributed by atoms with van der Waals surface area (Å²) in [4.78, 5) is 0.247. The second-order valence-electron chi connectivity index (χ2n) is 4.42. The van der Waals surface area contributed by atoms with E-state index in [0.717, 1.165) is 10.9 Å². The van der Waals surface area contributed by atoms with E-state index in [1.54, 1.807) is 36.4 Å². The first-order chi connectivity index (χ1) is 9.07. The van der Waals surface area contributed by atoms with Crippen molar-refractivity contribution in [3.8, 4) is 0 Å². The molecule has 0 unspecified atom stereocenters. The fraction of sp³-hybridized carbons (Fsp3) is 0.0667. The van der Waals surface area contributed by atoms with Gasteiger partial charge in [0.2, 0.25) is 14.9 Å². The van der Waals surface area contributed by atoms with Crippen molar-refractivity contribution in [3.05, 3.63) is 60.2 Å². The van der Waals surface area contributed by atoms with Gasteiger partial charge in [-0.2, -0.15) is 0 Å². The van der Waals surface area contributed by atoms with Gasteiger partial charge in [0.05, 0.1) is 4.90 Å². The highest BCUT2D eigenvalue weighted by Gasteiger charge is 2.21. The van der Waals surface area contributed by atoms with Crippen LogP contribution in [0.4, 0.5) is 0 Å². The van der Waals surface area contributed by atoms with E-state index in [2.05, 4.69) is 0 Å². The van der Waals surface area contributed by atoms with Crippen molar-refractivity contribution in [1.82, 2.24) is 0 Å². The minimum Gasteiger partial charge on any atom is -0.444 e. The van der Waals surface area contributed by atoms with Crippen LogP contribution in [0.1, 0.15) is 5.56 Å². The predicted molar refractivity (Wildman–Crippen MR) is 72.8 cm³/mol. The van der Waals surface area contributed by atoms with Gasteiger partial charge >= 0.3 is 0 Å². The van der Waals surface area contributed by atoms with Crippen LogP contribution in [0.5, 0.6) is 0 Å². The summed E-state index contributed by atoms with van der Waals surface area (Å²) < 4.78 is 30.3. The molecule has 0 N–H and O–H groups in total. The van der Waals surface area contributed by atoms with E-state index in [4.69, 9.17) is 4.42 Å². The average molecular weight is 272 g/mol. The number of benzene rings is 2. The topological polar surface area (TPSA) is 47.3 Å². The highest BCUT2D eigenvalue weighted by molar-refractivity contribution is 7.91. The summed E-state index contributed by atoms with van der Waals surface area (Å²) in [7, 11) is -3.58. The quantitative estimate of drug-likeness (QED) is 0.716. The SMILES string of the molecule is Cc1ccc(S(=O)(=O)c2cc3ccccc3o2)cc1. The standard InChI is InChI=1S/C15H12O3S/c1-11-6-8-13(9-7-11)19(16,17)15-10-12-4-2-3-5-14(12)18-15/h2-10H,1H3. The third-order valence-corrected chi connectivity index (χ3v) is 4.62. The van der Waals surface area contributed by atoms with Gasteiger partial charge in [0.15, 0.2) is 0 Å². The molecule has 1 heterocycles. The van der Waals surface area contributed by atoms with Gasteiger partial charge in [0.25, 0.3) is 0 Å². The number of furan rings is 1. The minimum atomic E-state index is -3.58. The highest BCUT2D eigenvalue weighted by Crippen LogP contribution is 2.27. The van der Waals surface area contributed by atoms with Crippen molar-refractivity contribution in [2.24, 2.45) is 0 Å². The molecule has 0 radical (unpaired) electrons. The van der Waals surface area contributed by atoms with E-state index < -0.39 is 9.84 Å². The van der Waals surface area contributed by atoms with E-state index >= 15 is 0 Å². The van der Waals surface area contributed by atoms with E-state index in [-0.39, 0.29) is 9.99 Å². The molecule has 0 fully saturated rings. The van der Waals surface area contributed by atoms with Crippen LogP contribution >= 0.6 is 0 Å². The molecule has 0 aliphatic rings. The molecule has 2 aromatic carbocycles. The molecule has 0 spiro atoms. The third-order valence-electron chi connectivity index (χ3n) is 3.00. The lowest BCUT2D eigenvalue weighted by molar-refractivity contribution is 0.482. The fourth-order valence-corrected chi connectivity index (χ4v) is 3.13. The normalized spacial score (nSPS) is 11.8.